The van der Waals surface area contributed by atoms with Gasteiger partial charge in [-0.25, -0.2) is 4.79 Å². The Kier molecular flexibility index (Phi) is 5.84. The average Bonchev–Trinajstić information content (AvgIpc) is 2.68. The Morgan fingerprint density at radius 3 is 2.30 bits per heavy atom. The van der Waals surface area contributed by atoms with Crippen molar-refractivity contribution in [1.29, 1.82) is 0 Å². The molecule has 2 atom stereocenters. The predicted octanol–water partition coefficient (Wildman–Crippen LogP) is 3.34. The number of benzene rings is 3. The maximum absolute atomic E-state index is 12.6. The van der Waals surface area contributed by atoms with Crippen LogP contribution in [0.15, 0.2) is 72.8 Å². The Morgan fingerprint density at radius 2 is 1.63 bits per heavy atom. The molecule has 0 aliphatic heterocycles. The first-order valence-electron chi connectivity index (χ1n) is 8.67. The summed E-state index contributed by atoms with van der Waals surface area (Å²) in [6, 6.07) is 21.6. The van der Waals surface area contributed by atoms with Crippen molar-refractivity contribution in [2.75, 3.05) is 7.11 Å². The summed E-state index contributed by atoms with van der Waals surface area (Å²) in [5.74, 6) is -1.56. The summed E-state index contributed by atoms with van der Waals surface area (Å²) in [7, 11) is 1.43. The van der Waals surface area contributed by atoms with E-state index in [0.717, 1.165) is 16.3 Å². The van der Waals surface area contributed by atoms with Crippen molar-refractivity contribution in [1.82, 2.24) is 5.32 Å². The molecule has 0 aromatic heterocycles. The van der Waals surface area contributed by atoms with Gasteiger partial charge in [0.25, 0.3) is 5.91 Å². The van der Waals surface area contributed by atoms with E-state index in [0.29, 0.717) is 5.56 Å². The maximum Gasteiger partial charge on any atom is 0.326 e. The van der Waals surface area contributed by atoms with Gasteiger partial charge in [0.2, 0.25) is 0 Å². The summed E-state index contributed by atoms with van der Waals surface area (Å²) < 4.78 is 5.28. The zero-order valence-electron chi connectivity index (χ0n) is 15.0. The highest BCUT2D eigenvalue weighted by Crippen LogP contribution is 2.19. The van der Waals surface area contributed by atoms with E-state index in [1.807, 2.05) is 48.5 Å². The van der Waals surface area contributed by atoms with Crippen LogP contribution >= 0.6 is 0 Å². The molecule has 3 aromatic rings. The van der Waals surface area contributed by atoms with E-state index in [2.05, 4.69) is 5.32 Å². The smallest absolute Gasteiger partial charge is 0.326 e. The Hall–Kier alpha value is -3.18. The van der Waals surface area contributed by atoms with E-state index in [1.54, 1.807) is 24.3 Å². The molecule has 5 nitrogen and oxygen atoms in total. The summed E-state index contributed by atoms with van der Waals surface area (Å²) in [6.07, 6.45) is -0.665. The molecule has 0 heterocycles. The zero-order valence-corrected chi connectivity index (χ0v) is 15.0. The number of rotatable bonds is 7. The highest BCUT2D eigenvalue weighted by Gasteiger charge is 2.26. The Bertz CT molecular complexity index is 939. The lowest BCUT2D eigenvalue weighted by atomic mass is 10.0. The van der Waals surface area contributed by atoms with Crippen LogP contribution in [0.25, 0.3) is 10.8 Å². The number of hydrogen-bond donors (Lipinski definition) is 2. The lowest BCUT2D eigenvalue weighted by Crippen LogP contribution is -2.44. The first kappa shape index (κ1) is 18.6. The first-order valence-corrected chi connectivity index (χ1v) is 8.67. The number of nitrogens with one attached hydrogen (secondary N) is 1. The highest BCUT2D eigenvalue weighted by atomic mass is 16.5. The van der Waals surface area contributed by atoms with Gasteiger partial charge in [-0.3, -0.25) is 4.79 Å². The van der Waals surface area contributed by atoms with Gasteiger partial charge in [-0.2, -0.15) is 0 Å². The fraction of sp³-hybridized carbons (Fsp3) is 0.182. The molecule has 0 aliphatic carbocycles. The van der Waals surface area contributed by atoms with E-state index in [-0.39, 0.29) is 6.42 Å². The third-order valence-electron chi connectivity index (χ3n) is 4.44. The third-order valence-corrected chi connectivity index (χ3v) is 4.44. The Morgan fingerprint density at radius 1 is 0.963 bits per heavy atom. The fourth-order valence-electron chi connectivity index (χ4n) is 3.07. The van der Waals surface area contributed by atoms with Gasteiger partial charge in [-0.15, -0.1) is 0 Å². The number of carboxylic acids is 1. The van der Waals surface area contributed by atoms with Crippen molar-refractivity contribution in [2.45, 2.75) is 18.6 Å². The zero-order chi connectivity index (χ0) is 19.2. The van der Waals surface area contributed by atoms with Crippen LogP contribution < -0.4 is 5.32 Å². The third kappa shape index (κ3) is 4.51. The molecule has 138 valence electrons. The monoisotopic (exact) mass is 363 g/mol. The van der Waals surface area contributed by atoms with Gasteiger partial charge in [0, 0.05) is 13.5 Å². The SMILES string of the molecule is CO[C@@H](C(=O)N[C@H](Cc1ccc2ccccc2c1)C(=O)O)c1ccccc1. The van der Waals surface area contributed by atoms with E-state index in [1.165, 1.54) is 7.11 Å². The van der Waals surface area contributed by atoms with Crippen molar-refractivity contribution in [3.8, 4) is 0 Å². The number of methoxy groups -OCH3 is 1. The van der Waals surface area contributed by atoms with Crippen LogP contribution in [0.2, 0.25) is 0 Å². The number of aliphatic carboxylic acids is 1. The van der Waals surface area contributed by atoms with Gasteiger partial charge in [0.1, 0.15) is 6.04 Å². The van der Waals surface area contributed by atoms with Gasteiger partial charge in [0.05, 0.1) is 0 Å². The maximum atomic E-state index is 12.6. The van der Waals surface area contributed by atoms with Crippen LogP contribution in [0.5, 0.6) is 0 Å². The molecule has 0 saturated carbocycles. The van der Waals surface area contributed by atoms with Crippen molar-refractivity contribution in [3.63, 3.8) is 0 Å². The van der Waals surface area contributed by atoms with Crippen LogP contribution in [-0.2, 0) is 20.7 Å². The van der Waals surface area contributed by atoms with Crippen LogP contribution in [-0.4, -0.2) is 30.1 Å². The number of carbonyl (C=O) groups excluding carboxylic acids is 1. The van der Waals surface area contributed by atoms with Crippen molar-refractivity contribution in [2.24, 2.45) is 0 Å². The summed E-state index contributed by atoms with van der Waals surface area (Å²) >= 11 is 0. The molecule has 5 heteroatoms. The molecule has 0 unspecified atom stereocenters. The second kappa shape index (κ2) is 8.47. The summed E-state index contributed by atoms with van der Waals surface area (Å²) in [5, 5.41) is 14.3. The molecule has 0 saturated heterocycles. The molecule has 0 aliphatic rings. The van der Waals surface area contributed by atoms with Gasteiger partial charge in [-0.1, -0.05) is 72.8 Å². The predicted molar refractivity (Wildman–Crippen MR) is 103 cm³/mol. The minimum absolute atomic E-state index is 0.192. The summed E-state index contributed by atoms with van der Waals surface area (Å²) in [5.41, 5.74) is 1.52. The first-order chi connectivity index (χ1) is 13.1. The Labute approximate surface area is 157 Å². The van der Waals surface area contributed by atoms with Crippen LogP contribution in [0, 0.1) is 0 Å². The van der Waals surface area contributed by atoms with Crippen molar-refractivity contribution < 1.29 is 19.4 Å². The number of ether oxygens (including phenoxy) is 1. The highest BCUT2D eigenvalue weighted by molar-refractivity contribution is 5.88. The van der Waals surface area contributed by atoms with Gasteiger partial charge < -0.3 is 15.2 Å². The van der Waals surface area contributed by atoms with Crippen LogP contribution in [0.3, 0.4) is 0 Å². The quantitative estimate of drug-likeness (QED) is 0.675. The molecule has 27 heavy (non-hydrogen) atoms. The van der Waals surface area contributed by atoms with E-state index >= 15 is 0 Å². The molecule has 0 radical (unpaired) electrons. The fourth-order valence-corrected chi connectivity index (χ4v) is 3.07. The molecule has 0 bridgehead atoms. The van der Waals surface area contributed by atoms with Gasteiger partial charge >= 0.3 is 5.97 Å². The molecule has 1 amide bonds. The molecular formula is C22H21NO4. The second-order valence-electron chi connectivity index (χ2n) is 6.31. The van der Waals surface area contributed by atoms with Crippen molar-refractivity contribution >= 4 is 22.6 Å². The second-order valence-corrected chi connectivity index (χ2v) is 6.31. The van der Waals surface area contributed by atoms with Crippen molar-refractivity contribution in [3.05, 3.63) is 83.9 Å². The number of fused-ring (bicyclic) bond motifs is 1. The molecule has 2 N–H and O–H groups in total. The summed E-state index contributed by atoms with van der Waals surface area (Å²) in [4.78, 5) is 24.3. The van der Waals surface area contributed by atoms with E-state index < -0.39 is 24.0 Å². The lowest BCUT2D eigenvalue weighted by molar-refractivity contribution is -0.144. The molecular weight excluding hydrogens is 342 g/mol. The van der Waals surface area contributed by atoms with Crippen LogP contribution in [0.4, 0.5) is 0 Å². The lowest BCUT2D eigenvalue weighted by Gasteiger charge is -2.20. The number of hydrogen-bond acceptors (Lipinski definition) is 3. The Balaban J connectivity index is 1.76. The summed E-state index contributed by atoms with van der Waals surface area (Å²) in [6.45, 7) is 0. The minimum Gasteiger partial charge on any atom is -0.480 e. The van der Waals surface area contributed by atoms with E-state index in [4.69, 9.17) is 4.74 Å². The molecule has 3 aromatic carbocycles. The molecule has 0 spiro atoms. The topological polar surface area (TPSA) is 75.6 Å². The number of carbonyl (C=O) groups is 2. The largest absolute Gasteiger partial charge is 0.480 e. The number of carboxylic acid groups (broad SMARTS) is 1. The minimum atomic E-state index is -1.08. The molecule has 3 rings (SSSR count). The van der Waals surface area contributed by atoms with Gasteiger partial charge in [0.15, 0.2) is 6.10 Å². The average molecular weight is 363 g/mol. The van der Waals surface area contributed by atoms with Crippen LogP contribution in [0.1, 0.15) is 17.2 Å². The van der Waals surface area contributed by atoms with E-state index in [9.17, 15) is 14.7 Å². The molecule has 0 fully saturated rings. The number of amides is 1. The van der Waals surface area contributed by atoms with Gasteiger partial charge in [-0.05, 0) is 21.9 Å². The normalized spacial score (nSPS) is 13.1. The standard InChI is InChI=1S/C22H21NO4/c1-27-20(17-8-3-2-4-9-17)21(24)23-19(22(25)26)14-15-11-12-16-7-5-6-10-18(16)13-15/h2-13,19-20H,14H2,1H3,(H,23,24)(H,25,26)/t19-,20-/m1/s1.